The zero-order valence-electron chi connectivity index (χ0n) is 11.7. The Labute approximate surface area is 113 Å². The van der Waals surface area contributed by atoms with E-state index in [2.05, 4.69) is 20.8 Å². The molecule has 0 aliphatic heterocycles. The minimum absolute atomic E-state index is 0.400. The van der Waals surface area contributed by atoms with Gasteiger partial charge in [0.15, 0.2) is 0 Å². The molecule has 106 valence electrons. The summed E-state index contributed by atoms with van der Waals surface area (Å²) in [6.45, 7) is 7.44. The highest BCUT2D eigenvalue weighted by Crippen LogP contribution is 2.05. The molecular weight excluding hydrogens is 244 g/mol. The fraction of sp³-hybridized carbons (Fsp3) is 0.538. The van der Waals surface area contributed by atoms with Crippen molar-refractivity contribution in [1.82, 2.24) is 20.8 Å². The molecule has 6 heteroatoms. The van der Waals surface area contributed by atoms with Crippen molar-refractivity contribution >= 4 is 6.09 Å². The van der Waals surface area contributed by atoms with Crippen molar-refractivity contribution in [2.75, 3.05) is 13.1 Å². The van der Waals surface area contributed by atoms with Gasteiger partial charge >= 0.3 is 6.09 Å². The van der Waals surface area contributed by atoms with E-state index in [4.69, 9.17) is 4.74 Å². The summed E-state index contributed by atoms with van der Waals surface area (Å²) in [7, 11) is 0. The fourth-order valence-electron chi connectivity index (χ4n) is 1.30. The first kappa shape index (κ1) is 15.2. The number of nitrogens with one attached hydrogen (secondary N) is 3. The number of aromatic amines is 1. The van der Waals surface area contributed by atoms with Crippen LogP contribution in [0.5, 0.6) is 0 Å². The van der Waals surface area contributed by atoms with Gasteiger partial charge in [0.2, 0.25) is 0 Å². The first-order chi connectivity index (χ1) is 8.97. The van der Waals surface area contributed by atoms with Crippen molar-refractivity contribution in [2.45, 2.75) is 32.9 Å². The molecule has 0 radical (unpaired) electrons. The van der Waals surface area contributed by atoms with Crippen LogP contribution in [0.25, 0.3) is 0 Å². The number of carbonyl (C=O) groups is 1. The average Bonchev–Trinajstić information content (AvgIpc) is 2.78. The van der Waals surface area contributed by atoms with Gasteiger partial charge in [-0.25, -0.2) is 4.79 Å². The molecule has 19 heavy (non-hydrogen) atoms. The monoisotopic (exact) mass is 266 g/mol. The Morgan fingerprint density at radius 3 is 2.79 bits per heavy atom. The van der Waals surface area contributed by atoms with Crippen LogP contribution in [-0.4, -0.2) is 35.0 Å². The quantitative estimate of drug-likeness (QED) is 0.539. The number of nitrogens with zero attached hydrogens (tertiary/aromatic N) is 1. The van der Waals surface area contributed by atoms with E-state index in [1.807, 2.05) is 39.0 Å². The van der Waals surface area contributed by atoms with Gasteiger partial charge in [0.25, 0.3) is 0 Å². The van der Waals surface area contributed by atoms with Gasteiger partial charge in [0.1, 0.15) is 5.60 Å². The van der Waals surface area contributed by atoms with E-state index in [1.165, 1.54) is 0 Å². The van der Waals surface area contributed by atoms with Crippen LogP contribution in [0, 0.1) is 0 Å². The molecule has 1 aromatic heterocycles. The largest absolute Gasteiger partial charge is 0.444 e. The van der Waals surface area contributed by atoms with Gasteiger partial charge in [-0.1, -0.05) is 12.2 Å². The minimum atomic E-state index is -0.459. The third kappa shape index (κ3) is 7.99. The van der Waals surface area contributed by atoms with Crippen molar-refractivity contribution in [2.24, 2.45) is 0 Å². The van der Waals surface area contributed by atoms with Gasteiger partial charge in [-0.15, -0.1) is 0 Å². The van der Waals surface area contributed by atoms with Gasteiger partial charge in [-0.05, 0) is 26.8 Å². The van der Waals surface area contributed by atoms with Crippen LogP contribution in [0.3, 0.4) is 0 Å². The Morgan fingerprint density at radius 1 is 1.42 bits per heavy atom. The number of ether oxygens (including phenoxy) is 1. The second-order valence-electron chi connectivity index (χ2n) is 5.07. The van der Waals surface area contributed by atoms with E-state index in [-0.39, 0.29) is 0 Å². The highest BCUT2D eigenvalue weighted by molar-refractivity contribution is 5.67. The Morgan fingerprint density at radius 2 is 2.16 bits per heavy atom. The maximum atomic E-state index is 11.3. The van der Waals surface area contributed by atoms with E-state index in [0.717, 1.165) is 18.8 Å². The topological polar surface area (TPSA) is 79.0 Å². The zero-order valence-corrected chi connectivity index (χ0v) is 11.7. The molecule has 0 unspecified atom stereocenters. The maximum absolute atomic E-state index is 11.3. The third-order valence-corrected chi connectivity index (χ3v) is 2.07. The van der Waals surface area contributed by atoms with E-state index < -0.39 is 11.7 Å². The SMILES string of the molecule is CC(C)(C)OC(=O)NC/C=C/CNCc1ccn[nH]1. The van der Waals surface area contributed by atoms with E-state index in [9.17, 15) is 4.79 Å². The van der Waals surface area contributed by atoms with Crippen LogP contribution in [0.1, 0.15) is 26.5 Å². The van der Waals surface area contributed by atoms with Gasteiger partial charge in [0.05, 0.1) is 0 Å². The van der Waals surface area contributed by atoms with Gasteiger partial charge in [-0.3, -0.25) is 5.10 Å². The normalized spacial score (nSPS) is 11.7. The summed E-state index contributed by atoms with van der Waals surface area (Å²) in [5, 5.41) is 12.6. The molecule has 0 atom stereocenters. The molecule has 0 aliphatic rings. The maximum Gasteiger partial charge on any atom is 0.407 e. The van der Waals surface area contributed by atoms with Crippen LogP contribution >= 0.6 is 0 Å². The molecule has 0 spiro atoms. The lowest BCUT2D eigenvalue weighted by molar-refractivity contribution is 0.0534. The van der Waals surface area contributed by atoms with Crippen LogP contribution in [0.15, 0.2) is 24.4 Å². The zero-order chi connectivity index (χ0) is 14.1. The number of hydrogen-bond acceptors (Lipinski definition) is 4. The van der Waals surface area contributed by atoms with E-state index >= 15 is 0 Å². The number of carbonyl (C=O) groups excluding carboxylic acids is 1. The number of amides is 1. The van der Waals surface area contributed by atoms with Gasteiger partial charge < -0.3 is 15.4 Å². The standard InChI is InChI=1S/C13H22N4O2/c1-13(2,3)19-12(18)15-8-5-4-7-14-10-11-6-9-16-17-11/h4-6,9,14H,7-8,10H2,1-3H3,(H,15,18)(H,16,17)/b5-4+. The lowest BCUT2D eigenvalue weighted by Crippen LogP contribution is -2.32. The molecule has 0 saturated heterocycles. The lowest BCUT2D eigenvalue weighted by atomic mass is 10.2. The summed E-state index contributed by atoms with van der Waals surface area (Å²) in [5.74, 6) is 0. The van der Waals surface area contributed by atoms with Gasteiger partial charge in [-0.2, -0.15) is 5.10 Å². The Kier molecular flexibility index (Phi) is 6.08. The molecule has 1 rings (SSSR count). The van der Waals surface area contributed by atoms with Crippen LogP contribution in [0.2, 0.25) is 0 Å². The number of aromatic nitrogens is 2. The Hall–Kier alpha value is -1.82. The molecule has 1 aromatic rings. The Bertz CT molecular complexity index is 393. The van der Waals surface area contributed by atoms with Crippen LogP contribution in [-0.2, 0) is 11.3 Å². The summed E-state index contributed by atoms with van der Waals surface area (Å²) in [5.41, 5.74) is 0.583. The molecule has 6 nitrogen and oxygen atoms in total. The van der Waals surface area contributed by atoms with Crippen LogP contribution in [0.4, 0.5) is 4.79 Å². The summed E-state index contributed by atoms with van der Waals surface area (Å²) < 4.78 is 5.10. The van der Waals surface area contributed by atoms with Crippen LogP contribution < -0.4 is 10.6 Å². The summed E-state index contributed by atoms with van der Waals surface area (Å²) >= 11 is 0. The summed E-state index contributed by atoms with van der Waals surface area (Å²) in [6.07, 6.45) is 5.15. The molecule has 1 amide bonds. The van der Waals surface area contributed by atoms with Crippen molar-refractivity contribution in [3.8, 4) is 0 Å². The number of rotatable bonds is 6. The highest BCUT2D eigenvalue weighted by Gasteiger charge is 2.14. The number of alkyl carbamates (subject to hydrolysis) is 1. The molecular formula is C13H22N4O2. The second-order valence-corrected chi connectivity index (χ2v) is 5.07. The predicted octanol–water partition coefficient (Wildman–Crippen LogP) is 1.58. The fourth-order valence-corrected chi connectivity index (χ4v) is 1.30. The molecule has 0 aliphatic carbocycles. The first-order valence-corrected chi connectivity index (χ1v) is 6.28. The molecule has 0 aromatic carbocycles. The molecule has 0 saturated carbocycles. The first-order valence-electron chi connectivity index (χ1n) is 6.28. The lowest BCUT2D eigenvalue weighted by Gasteiger charge is -2.19. The predicted molar refractivity (Wildman–Crippen MR) is 73.7 cm³/mol. The van der Waals surface area contributed by atoms with E-state index in [1.54, 1.807) is 6.20 Å². The second kappa shape index (κ2) is 7.58. The molecule has 1 heterocycles. The summed E-state index contributed by atoms with van der Waals surface area (Å²) in [6, 6.07) is 1.92. The molecule has 0 bridgehead atoms. The third-order valence-electron chi connectivity index (χ3n) is 2.07. The smallest absolute Gasteiger partial charge is 0.407 e. The number of H-pyrrole nitrogens is 1. The number of hydrogen-bond donors (Lipinski definition) is 3. The highest BCUT2D eigenvalue weighted by atomic mass is 16.6. The van der Waals surface area contributed by atoms with Crippen molar-refractivity contribution in [1.29, 1.82) is 0 Å². The minimum Gasteiger partial charge on any atom is -0.444 e. The van der Waals surface area contributed by atoms with Crippen molar-refractivity contribution in [3.05, 3.63) is 30.1 Å². The average molecular weight is 266 g/mol. The van der Waals surface area contributed by atoms with E-state index in [0.29, 0.717) is 6.54 Å². The van der Waals surface area contributed by atoms with Gasteiger partial charge in [0, 0.05) is 31.5 Å². The summed E-state index contributed by atoms with van der Waals surface area (Å²) in [4.78, 5) is 11.3. The molecule has 3 N–H and O–H groups in total. The van der Waals surface area contributed by atoms with Crippen molar-refractivity contribution in [3.63, 3.8) is 0 Å². The molecule has 0 fully saturated rings. The van der Waals surface area contributed by atoms with Crippen molar-refractivity contribution < 1.29 is 9.53 Å². The Balaban J connectivity index is 2.03.